The van der Waals surface area contributed by atoms with E-state index in [0.29, 0.717) is 0 Å². The second kappa shape index (κ2) is 5.85. The van der Waals surface area contributed by atoms with Gasteiger partial charge in [-0.15, -0.1) is 0 Å². The second-order valence-corrected chi connectivity index (χ2v) is 5.67. The average molecular weight is 322 g/mol. The lowest BCUT2D eigenvalue weighted by molar-refractivity contribution is -0.191. The fourth-order valence-corrected chi connectivity index (χ4v) is 3.08. The SMILES string of the molecule is CCc1cccc2cc([C@H](N3CCC(=O)N3)C(F)(F)F)ccc12. The van der Waals surface area contributed by atoms with Crippen molar-refractivity contribution in [2.24, 2.45) is 0 Å². The van der Waals surface area contributed by atoms with Crippen LogP contribution in [0.25, 0.3) is 10.8 Å². The van der Waals surface area contributed by atoms with Crippen LogP contribution in [-0.4, -0.2) is 23.6 Å². The number of fused-ring (bicyclic) bond motifs is 1. The molecule has 0 aliphatic carbocycles. The molecule has 1 fully saturated rings. The van der Waals surface area contributed by atoms with Gasteiger partial charge < -0.3 is 0 Å². The molecule has 3 nitrogen and oxygen atoms in total. The van der Waals surface area contributed by atoms with Crippen molar-refractivity contribution < 1.29 is 18.0 Å². The van der Waals surface area contributed by atoms with Crippen LogP contribution in [0.15, 0.2) is 36.4 Å². The van der Waals surface area contributed by atoms with Crippen LogP contribution in [0.5, 0.6) is 0 Å². The second-order valence-electron chi connectivity index (χ2n) is 5.67. The lowest BCUT2D eigenvalue weighted by Crippen LogP contribution is -2.43. The number of carbonyl (C=O) groups is 1. The fraction of sp³-hybridized carbons (Fsp3) is 0.353. The van der Waals surface area contributed by atoms with Crippen molar-refractivity contribution in [2.45, 2.75) is 32.0 Å². The number of rotatable bonds is 3. The standard InChI is InChI=1S/C17H17F3N2O/c1-2-11-4-3-5-12-10-13(6-7-14(11)12)16(17(18,19)20)22-9-8-15(23)21-22/h3-7,10,16H,2,8-9H2,1H3,(H,21,23)/t16-/m0/s1. The number of nitrogens with zero attached hydrogens (tertiary/aromatic N) is 1. The highest BCUT2D eigenvalue weighted by Crippen LogP contribution is 2.39. The molecule has 0 spiro atoms. The van der Waals surface area contributed by atoms with Crippen molar-refractivity contribution in [3.63, 3.8) is 0 Å². The maximum absolute atomic E-state index is 13.5. The zero-order chi connectivity index (χ0) is 16.6. The molecule has 1 N–H and O–H groups in total. The fourth-order valence-electron chi connectivity index (χ4n) is 3.08. The summed E-state index contributed by atoms with van der Waals surface area (Å²) in [4.78, 5) is 11.3. The Hall–Kier alpha value is -2.08. The van der Waals surface area contributed by atoms with E-state index in [0.717, 1.165) is 27.8 Å². The van der Waals surface area contributed by atoms with Gasteiger partial charge in [0.05, 0.1) is 0 Å². The Labute approximate surface area is 132 Å². The highest BCUT2D eigenvalue weighted by Gasteiger charge is 2.46. The first-order chi connectivity index (χ1) is 10.9. The number of hydrogen-bond donors (Lipinski definition) is 1. The molecule has 1 heterocycles. The lowest BCUT2D eigenvalue weighted by atomic mass is 9.97. The Kier molecular flexibility index (Phi) is 4.02. The van der Waals surface area contributed by atoms with Crippen LogP contribution in [0.2, 0.25) is 0 Å². The Balaban J connectivity index is 2.06. The number of nitrogens with one attached hydrogen (secondary N) is 1. The lowest BCUT2D eigenvalue weighted by Gasteiger charge is -2.29. The highest BCUT2D eigenvalue weighted by atomic mass is 19.4. The van der Waals surface area contributed by atoms with Crippen molar-refractivity contribution in [1.82, 2.24) is 10.4 Å². The number of halogens is 3. The van der Waals surface area contributed by atoms with Crippen LogP contribution in [0.3, 0.4) is 0 Å². The number of benzene rings is 2. The van der Waals surface area contributed by atoms with E-state index in [-0.39, 0.29) is 24.4 Å². The van der Waals surface area contributed by atoms with Crippen LogP contribution < -0.4 is 5.43 Å². The Morgan fingerprint density at radius 1 is 1.26 bits per heavy atom. The van der Waals surface area contributed by atoms with E-state index in [2.05, 4.69) is 5.43 Å². The van der Waals surface area contributed by atoms with E-state index < -0.39 is 12.2 Å². The molecule has 0 unspecified atom stereocenters. The average Bonchev–Trinajstić information content (AvgIpc) is 2.91. The summed E-state index contributed by atoms with van der Waals surface area (Å²) >= 11 is 0. The predicted octanol–water partition coefficient (Wildman–Crippen LogP) is 3.74. The van der Waals surface area contributed by atoms with Gasteiger partial charge in [0.15, 0.2) is 0 Å². The number of carbonyl (C=O) groups excluding carboxylic acids is 1. The number of hydrogen-bond acceptors (Lipinski definition) is 2. The van der Waals surface area contributed by atoms with Gasteiger partial charge in [0.1, 0.15) is 6.04 Å². The molecule has 0 saturated carbocycles. The molecule has 3 rings (SSSR count). The van der Waals surface area contributed by atoms with Gasteiger partial charge in [-0.25, -0.2) is 5.01 Å². The first kappa shape index (κ1) is 15.8. The van der Waals surface area contributed by atoms with Crippen molar-refractivity contribution in [3.8, 4) is 0 Å². The molecule has 1 saturated heterocycles. The molecule has 0 aromatic heterocycles. The summed E-state index contributed by atoms with van der Waals surface area (Å²) < 4.78 is 40.6. The van der Waals surface area contributed by atoms with Gasteiger partial charge in [-0.2, -0.15) is 13.2 Å². The van der Waals surface area contributed by atoms with E-state index in [1.54, 1.807) is 12.1 Å². The largest absolute Gasteiger partial charge is 0.409 e. The number of hydrazine groups is 1. The zero-order valence-corrected chi connectivity index (χ0v) is 12.7. The van der Waals surface area contributed by atoms with Gasteiger partial charge in [-0.1, -0.05) is 37.3 Å². The topological polar surface area (TPSA) is 32.3 Å². The summed E-state index contributed by atoms with van der Waals surface area (Å²) in [5.74, 6) is -0.381. The first-order valence-electron chi connectivity index (χ1n) is 7.54. The van der Waals surface area contributed by atoms with Crippen LogP contribution in [0, 0.1) is 0 Å². The molecule has 0 bridgehead atoms. The van der Waals surface area contributed by atoms with E-state index >= 15 is 0 Å². The summed E-state index contributed by atoms with van der Waals surface area (Å²) in [7, 11) is 0. The summed E-state index contributed by atoms with van der Waals surface area (Å²) in [6, 6.07) is 8.62. The summed E-state index contributed by atoms with van der Waals surface area (Å²) in [6.07, 6.45) is -3.56. The monoisotopic (exact) mass is 322 g/mol. The van der Waals surface area contributed by atoms with Gasteiger partial charge in [0.25, 0.3) is 0 Å². The van der Waals surface area contributed by atoms with Gasteiger partial charge in [-0.05, 0) is 34.4 Å². The van der Waals surface area contributed by atoms with Gasteiger partial charge >= 0.3 is 6.18 Å². The molecule has 1 aliphatic heterocycles. The molecule has 23 heavy (non-hydrogen) atoms. The highest BCUT2D eigenvalue weighted by molar-refractivity contribution is 5.86. The molecule has 122 valence electrons. The molecule has 2 aromatic rings. The van der Waals surface area contributed by atoms with E-state index in [4.69, 9.17) is 0 Å². The number of alkyl halides is 3. The van der Waals surface area contributed by atoms with Crippen molar-refractivity contribution in [3.05, 3.63) is 47.5 Å². The molecular weight excluding hydrogens is 305 g/mol. The Bertz CT molecular complexity index is 742. The van der Waals surface area contributed by atoms with Crippen molar-refractivity contribution >= 4 is 16.7 Å². The molecule has 1 aliphatic rings. The maximum atomic E-state index is 13.5. The molecule has 1 amide bonds. The molecule has 6 heteroatoms. The third kappa shape index (κ3) is 3.03. The minimum Gasteiger partial charge on any atom is -0.288 e. The summed E-state index contributed by atoms with van der Waals surface area (Å²) in [5.41, 5.74) is 3.55. The van der Waals surface area contributed by atoms with Crippen LogP contribution in [-0.2, 0) is 11.2 Å². The quantitative estimate of drug-likeness (QED) is 0.933. The Morgan fingerprint density at radius 2 is 2.04 bits per heavy atom. The van der Waals surface area contributed by atoms with Gasteiger partial charge in [-0.3, -0.25) is 10.2 Å². The van der Waals surface area contributed by atoms with E-state index in [1.165, 1.54) is 6.07 Å². The van der Waals surface area contributed by atoms with E-state index in [1.807, 2.05) is 25.1 Å². The predicted molar refractivity (Wildman–Crippen MR) is 81.6 cm³/mol. The van der Waals surface area contributed by atoms with Crippen LogP contribution >= 0.6 is 0 Å². The smallest absolute Gasteiger partial charge is 0.288 e. The van der Waals surface area contributed by atoms with Crippen LogP contribution in [0.4, 0.5) is 13.2 Å². The zero-order valence-electron chi connectivity index (χ0n) is 12.7. The maximum Gasteiger partial charge on any atom is 0.409 e. The summed E-state index contributed by atoms with van der Waals surface area (Å²) in [5, 5.41) is 2.72. The minimum absolute atomic E-state index is 0.0516. The van der Waals surface area contributed by atoms with E-state index in [9.17, 15) is 18.0 Å². The number of amides is 1. The van der Waals surface area contributed by atoms with Crippen LogP contribution in [0.1, 0.15) is 30.5 Å². The molecule has 2 aromatic carbocycles. The summed E-state index contributed by atoms with van der Waals surface area (Å²) in [6.45, 7) is 2.07. The first-order valence-corrected chi connectivity index (χ1v) is 7.54. The Morgan fingerprint density at radius 3 is 2.65 bits per heavy atom. The third-order valence-corrected chi connectivity index (χ3v) is 4.16. The van der Waals surface area contributed by atoms with Gasteiger partial charge in [0.2, 0.25) is 5.91 Å². The normalized spacial score (nSPS) is 17.5. The molecular formula is C17H17F3N2O. The van der Waals surface area contributed by atoms with Gasteiger partial charge in [0, 0.05) is 13.0 Å². The molecule has 0 radical (unpaired) electrons. The number of aryl methyl sites for hydroxylation is 1. The third-order valence-electron chi connectivity index (χ3n) is 4.16. The van der Waals surface area contributed by atoms with Crippen molar-refractivity contribution in [2.75, 3.05) is 6.54 Å². The molecule has 1 atom stereocenters. The van der Waals surface area contributed by atoms with Crippen molar-refractivity contribution in [1.29, 1.82) is 0 Å². The minimum atomic E-state index is -4.46.